The van der Waals surface area contributed by atoms with Crippen LogP contribution in [0.5, 0.6) is 0 Å². The van der Waals surface area contributed by atoms with E-state index >= 15 is 0 Å². The van der Waals surface area contributed by atoms with Crippen LogP contribution in [0.4, 0.5) is 0 Å². The molecule has 1 aliphatic heterocycles. The molecule has 2 aromatic carbocycles. The molecule has 1 amide bonds. The van der Waals surface area contributed by atoms with Gasteiger partial charge in [-0.25, -0.2) is 4.98 Å². The molecule has 0 spiro atoms. The van der Waals surface area contributed by atoms with Gasteiger partial charge in [0.2, 0.25) is 0 Å². The van der Waals surface area contributed by atoms with Gasteiger partial charge in [0.15, 0.2) is 18.1 Å². The summed E-state index contributed by atoms with van der Waals surface area (Å²) >= 11 is 0. The van der Waals surface area contributed by atoms with Crippen LogP contribution < -0.4 is 0 Å². The van der Waals surface area contributed by atoms with Gasteiger partial charge in [-0.1, -0.05) is 49.4 Å². The lowest BCUT2D eigenvalue weighted by Crippen LogP contribution is -2.40. The number of nitrogens with zero attached hydrogens (tertiary/aromatic N) is 2. The number of benzene rings is 2. The summed E-state index contributed by atoms with van der Waals surface area (Å²) in [5.41, 5.74) is 2.74. The Morgan fingerprint density at radius 1 is 1.10 bits per heavy atom. The summed E-state index contributed by atoms with van der Waals surface area (Å²) in [5, 5.41) is 0. The van der Waals surface area contributed by atoms with Crippen LogP contribution in [0.15, 0.2) is 59.0 Å². The van der Waals surface area contributed by atoms with Crippen molar-refractivity contribution >= 4 is 23.0 Å². The van der Waals surface area contributed by atoms with Crippen LogP contribution >= 0.6 is 0 Å². The molecule has 30 heavy (non-hydrogen) atoms. The minimum atomic E-state index is -0.346. The van der Waals surface area contributed by atoms with Crippen molar-refractivity contribution in [2.24, 2.45) is 0 Å². The van der Waals surface area contributed by atoms with E-state index in [2.05, 4.69) is 4.98 Å². The quantitative estimate of drug-likeness (QED) is 0.572. The summed E-state index contributed by atoms with van der Waals surface area (Å²) in [5.74, 6) is 0.508. The first-order valence-electron chi connectivity index (χ1n) is 10.4. The van der Waals surface area contributed by atoms with Crippen molar-refractivity contribution in [1.29, 1.82) is 0 Å². The van der Waals surface area contributed by atoms with Gasteiger partial charge in [0, 0.05) is 19.0 Å². The van der Waals surface area contributed by atoms with Crippen molar-refractivity contribution in [3.63, 3.8) is 0 Å². The largest absolute Gasteiger partial charge is 0.456 e. The molecule has 2 heterocycles. The number of piperidine rings is 1. The number of amides is 1. The number of ether oxygens (including phenoxy) is 1. The molecule has 1 aromatic heterocycles. The average molecular weight is 406 g/mol. The molecule has 1 aliphatic rings. The Morgan fingerprint density at radius 3 is 2.53 bits per heavy atom. The second-order valence-corrected chi connectivity index (χ2v) is 7.85. The summed E-state index contributed by atoms with van der Waals surface area (Å²) in [6.07, 6.45) is 1.84. The lowest BCUT2D eigenvalue weighted by Gasteiger charge is -2.30. The highest BCUT2D eigenvalue weighted by molar-refractivity contribution is 5.81. The topological polar surface area (TPSA) is 72.6 Å². The lowest BCUT2D eigenvalue weighted by atomic mass is 9.97. The van der Waals surface area contributed by atoms with Gasteiger partial charge < -0.3 is 14.1 Å². The van der Waals surface area contributed by atoms with Crippen molar-refractivity contribution in [3.05, 3.63) is 66.1 Å². The molecule has 0 radical (unpaired) electrons. The number of likely N-dealkylation sites (tertiary alicyclic amines) is 1. The SMILES string of the molecule is C[C@H](CC(=O)OCC(=O)N1CCC(c2nc3ccccc3o2)CC1)c1ccccc1. The van der Waals surface area contributed by atoms with E-state index in [4.69, 9.17) is 9.15 Å². The van der Waals surface area contributed by atoms with Gasteiger partial charge >= 0.3 is 5.97 Å². The monoisotopic (exact) mass is 406 g/mol. The minimum Gasteiger partial charge on any atom is -0.456 e. The Balaban J connectivity index is 1.23. The number of hydrogen-bond acceptors (Lipinski definition) is 5. The third-order valence-corrected chi connectivity index (χ3v) is 5.71. The molecule has 0 unspecified atom stereocenters. The van der Waals surface area contributed by atoms with Crippen LogP contribution in [0.2, 0.25) is 0 Å². The molecule has 0 N–H and O–H groups in total. The Labute approximate surface area is 175 Å². The fourth-order valence-electron chi connectivity index (χ4n) is 3.88. The van der Waals surface area contributed by atoms with Crippen LogP contribution in [0.3, 0.4) is 0 Å². The molecule has 0 aliphatic carbocycles. The Kier molecular flexibility index (Phi) is 6.12. The van der Waals surface area contributed by atoms with Crippen molar-refractivity contribution in [1.82, 2.24) is 9.88 Å². The van der Waals surface area contributed by atoms with Crippen LogP contribution in [0.1, 0.15) is 49.5 Å². The molecule has 0 saturated carbocycles. The highest BCUT2D eigenvalue weighted by atomic mass is 16.5. The Morgan fingerprint density at radius 2 is 1.80 bits per heavy atom. The van der Waals surface area contributed by atoms with Gasteiger partial charge in [-0.2, -0.15) is 0 Å². The summed E-state index contributed by atoms with van der Waals surface area (Å²) in [6.45, 7) is 3.00. The van der Waals surface area contributed by atoms with Gasteiger partial charge in [-0.05, 0) is 36.5 Å². The Bertz CT molecular complexity index is 973. The van der Waals surface area contributed by atoms with Gasteiger partial charge in [0.1, 0.15) is 5.52 Å². The normalized spacial score (nSPS) is 15.8. The van der Waals surface area contributed by atoms with Gasteiger partial charge in [0.05, 0.1) is 6.42 Å². The zero-order valence-electron chi connectivity index (χ0n) is 17.1. The fourth-order valence-corrected chi connectivity index (χ4v) is 3.88. The van der Waals surface area contributed by atoms with E-state index in [0.717, 1.165) is 35.4 Å². The third-order valence-electron chi connectivity index (χ3n) is 5.71. The van der Waals surface area contributed by atoms with E-state index in [-0.39, 0.29) is 36.7 Å². The summed E-state index contributed by atoms with van der Waals surface area (Å²) in [4.78, 5) is 30.9. The maximum Gasteiger partial charge on any atom is 0.306 e. The number of aromatic nitrogens is 1. The molecule has 6 heteroatoms. The fraction of sp³-hybridized carbons (Fsp3) is 0.375. The van der Waals surface area contributed by atoms with Gasteiger partial charge in [-0.3, -0.25) is 9.59 Å². The van der Waals surface area contributed by atoms with Crippen molar-refractivity contribution in [2.45, 2.75) is 38.0 Å². The van der Waals surface area contributed by atoms with E-state index in [1.165, 1.54) is 0 Å². The highest BCUT2D eigenvalue weighted by Gasteiger charge is 2.27. The van der Waals surface area contributed by atoms with Gasteiger partial charge in [-0.15, -0.1) is 0 Å². The Hall–Kier alpha value is -3.15. The zero-order chi connectivity index (χ0) is 20.9. The van der Waals surface area contributed by atoms with Crippen molar-refractivity contribution in [3.8, 4) is 0 Å². The molecular formula is C24H26N2O4. The zero-order valence-corrected chi connectivity index (χ0v) is 17.1. The molecule has 1 fully saturated rings. The van der Waals surface area contributed by atoms with Crippen LogP contribution in [-0.2, 0) is 14.3 Å². The van der Waals surface area contributed by atoms with Crippen molar-refractivity contribution < 1.29 is 18.7 Å². The number of para-hydroxylation sites is 2. The molecule has 3 aromatic rings. The summed E-state index contributed by atoms with van der Waals surface area (Å²) < 4.78 is 11.1. The first kappa shape index (κ1) is 20.1. The molecule has 0 bridgehead atoms. The number of oxazole rings is 1. The van der Waals surface area contributed by atoms with E-state index in [1.54, 1.807) is 4.90 Å². The van der Waals surface area contributed by atoms with Crippen LogP contribution in [0.25, 0.3) is 11.1 Å². The standard InChI is InChI=1S/C24H26N2O4/c1-17(18-7-3-2-4-8-18)15-23(28)29-16-22(27)26-13-11-19(12-14-26)24-25-20-9-5-6-10-21(20)30-24/h2-10,17,19H,11-16H2,1H3/t17-/m1/s1. The van der Waals surface area contributed by atoms with E-state index in [9.17, 15) is 9.59 Å². The lowest BCUT2D eigenvalue weighted by molar-refractivity contribution is -0.152. The smallest absolute Gasteiger partial charge is 0.306 e. The maximum atomic E-state index is 12.5. The molecule has 4 rings (SSSR count). The first-order valence-corrected chi connectivity index (χ1v) is 10.4. The number of esters is 1. The van der Waals surface area contributed by atoms with Crippen LogP contribution in [-0.4, -0.2) is 41.5 Å². The average Bonchev–Trinajstić information content (AvgIpc) is 3.22. The van der Waals surface area contributed by atoms with Crippen LogP contribution in [0, 0.1) is 0 Å². The molecule has 1 atom stereocenters. The van der Waals surface area contributed by atoms with Gasteiger partial charge in [0.25, 0.3) is 5.91 Å². The first-order chi connectivity index (χ1) is 14.6. The molecule has 1 saturated heterocycles. The minimum absolute atomic E-state index is 0.0563. The highest BCUT2D eigenvalue weighted by Crippen LogP contribution is 2.30. The summed E-state index contributed by atoms with van der Waals surface area (Å²) in [6, 6.07) is 17.6. The number of rotatable bonds is 6. The number of carbonyl (C=O) groups is 2. The number of fused-ring (bicyclic) bond motifs is 1. The molecular weight excluding hydrogens is 380 g/mol. The van der Waals surface area contributed by atoms with E-state index in [1.807, 2.05) is 61.5 Å². The molecule has 6 nitrogen and oxygen atoms in total. The second-order valence-electron chi connectivity index (χ2n) is 7.85. The molecule has 156 valence electrons. The second kappa shape index (κ2) is 9.11. The van der Waals surface area contributed by atoms with E-state index < -0.39 is 0 Å². The predicted molar refractivity (Wildman–Crippen MR) is 113 cm³/mol. The maximum absolute atomic E-state index is 12.5. The summed E-state index contributed by atoms with van der Waals surface area (Å²) in [7, 11) is 0. The van der Waals surface area contributed by atoms with E-state index in [0.29, 0.717) is 13.1 Å². The third kappa shape index (κ3) is 4.70. The van der Waals surface area contributed by atoms with Crippen molar-refractivity contribution in [2.75, 3.05) is 19.7 Å². The number of carbonyl (C=O) groups excluding carboxylic acids is 2. The predicted octanol–water partition coefficient (Wildman–Crippen LogP) is 4.27. The number of hydrogen-bond donors (Lipinski definition) is 0.